The maximum absolute atomic E-state index is 6.46. The molecule has 2 aromatic carbocycles. The van der Waals surface area contributed by atoms with E-state index in [0.29, 0.717) is 5.92 Å². The van der Waals surface area contributed by atoms with Gasteiger partial charge in [-0.2, -0.15) is 0 Å². The molecule has 1 aliphatic heterocycles. The van der Waals surface area contributed by atoms with Crippen LogP contribution in [0.2, 0.25) is 0 Å². The number of fused-ring (bicyclic) bond motifs is 2. The van der Waals surface area contributed by atoms with Crippen LogP contribution in [-0.2, 0) is 6.42 Å². The monoisotopic (exact) mass is 438 g/mol. The molecule has 34 heavy (non-hydrogen) atoms. The molecular formula is C31H22N2O. The van der Waals surface area contributed by atoms with E-state index in [1.54, 1.807) is 0 Å². The molecule has 0 bridgehead atoms. The van der Waals surface area contributed by atoms with Gasteiger partial charge in [-0.15, -0.1) is 0 Å². The minimum Gasteiger partial charge on any atom is -0.453 e. The van der Waals surface area contributed by atoms with Gasteiger partial charge >= 0.3 is 0 Å². The standard InChI is InChI=1S/C31H22N2O/c1-2-28-32-24-10-5-11-26-31(24)33(28)25-15-14-20(17-27(25)34-26)23-16-21-8-3-6-18-12-13-19-7-4-9-22(23)30(19)29(18)21/h3-6,8-17,29H,2,7H2,1H3. The maximum atomic E-state index is 6.46. The van der Waals surface area contributed by atoms with Crippen LogP contribution in [0.15, 0.2) is 113 Å². The predicted molar refractivity (Wildman–Crippen MR) is 136 cm³/mol. The Balaban J connectivity index is 1.33. The van der Waals surface area contributed by atoms with E-state index in [2.05, 4.69) is 84.4 Å². The van der Waals surface area contributed by atoms with E-state index < -0.39 is 0 Å². The van der Waals surface area contributed by atoms with Gasteiger partial charge < -0.3 is 4.74 Å². The summed E-state index contributed by atoms with van der Waals surface area (Å²) in [5, 5.41) is 0. The van der Waals surface area contributed by atoms with Crippen molar-refractivity contribution >= 4 is 16.6 Å². The van der Waals surface area contributed by atoms with E-state index in [-0.39, 0.29) is 0 Å². The second kappa shape index (κ2) is 6.48. The Morgan fingerprint density at radius 2 is 2.00 bits per heavy atom. The fourth-order valence-electron chi connectivity index (χ4n) is 6.15. The Morgan fingerprint density at radius 3 is 2.94 bits per heavy atom. The topological polar surface area (TPSA) is 27.1 Å². The molecular weight excluding hydrogens is 416 g/mol. The smallest absolute Gasteiger partial charge is 0.153 e. The molecule has 0 radical (unpaired) electrons. The quantitative estimate of drug-likeness (QED) is 0.328. The molecule has 0 amide bonds. The first-order valence-corrected chi connectivity index (χ1v) is 12.1. The summed E-state index contributed by atoms with van der Waals surface area (Å²) in [6.45, 7) is 2.16. The molecule has 5 aliphatic rings. The molecule has 3 heteroatoms. The first kappa shape index (κ1) is 18.3. The van der Waals surface area contributed by atoms with Crippen molar-refractivity contribution in [1.29, 1.82) is 0 Å². The maximum Gasteiger partial charge on any atom is 0.153 e. The number of allylic oxidation sites excluding steroid dienone is 14. The molecule has 3 aromatic rings. The Kier molecular flexibility index (Phi) is 3.49. The van der Waals surface area contributed by atoms with Crippen molar-refractivity contribution in [2.24, 2.45) is 5.92 Å². The molecule has 0 spiro atoms. The van der Waals surface area contributed by atoms with E-state index >= 15 is 0 Å². The molecule has 1 atom stereocenters. The van der Waals surface area contributed by atoms with Crippen LogP contribution in [0.1, 0.15) is 24.7 Å². The third kappa shape index (κ3) is 2.29. The lowest BCUT2D eigenvalue weighted by molar-refractivity contribution is 0.474. The van der Waals surface area contributed by atoms with Crippen LogP contribution < -0.4 is 4.74 Å². The van der Waals surface area contributed by atoms with Crippen molar-refractivity contribution in [3.8, 4) is 17.2 Å². The minimum absolute atomic E-state index is 0.362. The Labute approximate surface area is 198 Å². The number of ether oxygens (including phenoxy) is 1. The molecule has 0 fully saturated rings. The van der Waals surface area contributed by atoms with Crippen LogP contribution in [-0.4, -0.2) is 9.55 Å². The van der Waals surface area contributed by atoms with E-state index in [9.17, 15) is 0 Å². The Morgan fingerprint density at radius 1 is 1.03 bits per heavy atom. The van der Waals surface area contributed by atoms with E-state index in [4.69, 9.17) is 9.72 Å². The number of aromatic nitrogens is 2. The number of nitrogens with zero attached hydrogens (tertiary/aromatic N) is 2. The Hall–Kier alpha value is -4.11. The first-order chi connectivity index (χ1) is 16.8. The number of hydrogen-bond acceptors (Lipinski definition) is 2. The molecule has 0 saturated heterocycles. The van der Waals surface area contributed by atoms with Crippen LogP contribution in [0.25, 0.3) is 22.3 Å². The zero-order valence-corrected chi connectivity index (χ0v) is 18.9. The van der Waals surface area contributed by atoms with Crippen molar-refractivity contribution in [3.63, 3.8) is 0 Å². The Bertz CT molecular complexity index is 1680. The summed E-state index contributed by atoms with van der Waals surface area (Å²) in [5.41, 5.74) is 12.6. The molecule has 1 unspecified atom stereocenters. The largest absolute Gasteiger partial charge is 0.453 e. The predicted octanol–water partition coefficient (Wildman–Crippen LogP) is 7.33. The fourth-order valence-corrected chi connectivity index (χ4v) is 6.15. The zero-order valence-electron chi connectivity index (χ0n) is 18.9. The second-order valence-electron chi connectivity index (χ2n) is 9.43. The van der Waals surface area contributed by atoms with Gasteiger partial charge in [0, 0.05) is 12.3 Å². The van der Waals surface area contributed by atoms with Crippen LogP contribution in [0, 0.1) is 5.92 Å². The summed E-state index contributed by atoms with van der Waals surface area (Å²) in [7, 11) is 0. The molecule has 162 valence electrons. The van der Waals surface area contributed by atoms with Crippen LogP contribution in [0.4, 0.5) is 0 Å². The van der Waals surface area contributed by atoms with Crippen LogP contribution >= 0.6 is 0 Å². The molecule has 0 saturated carbocycles. The van der Waals surface area contributed by atoms with Gasteiger partial charge in [0.25, 0.3) is 0 Å². The van der Waals surface area contributed by atoms with Gasteiger partial charge in [0.2, 0.25) is 0 Å². The second-order valence-corrected chi connectivity index (χ2v) is 9.43. The summed E-state index contributed by atoms with van der Waals surface area (Å²) in [4.78, 5) is 4.86. The van der Waals surface area contributed by atoms with Gasteiger partial charge in [0.15, 0.2) is 11.5 Å². The van der Waals surface area contributed by atoms with Crippen molar-refractivity contribution in [2.75, 3.05) is 0 Å². The molecule has 8 rings (SSSR count). The summed E-state index contributed by atoms with van der Waals surface area (Å²) in [5.74, 6) is 3.19. The van der Waals surface area contributed by atoms with E-state index in [1.807, 2.05) is 12.1 Å². The third-order valence-corrected chi connectivity index (χ3v) is 7.63. The number of imidazole rings is 1. The molecule has 3 nitrogen and oxygen atoms in total. The van der Waals surface area contributed by atoms with Gasteiger partial charge in [-0.3, -0.25) is 4.57 Å². The lowest BCUT2D eigenvalue weighted by Gasteiger charge is -2.37. The molecule has 4 aliphatic carbocycles. The highest BCUT2D eigenvalue weighted by molar-refractivity contribution is 5.92. The highest BCUT2D eigenvalue weighted by Crippen LogP contribution is 2.51. The first-order valence-electron chi connectivity index (χ1n) is 12.1. The minimum atomic E-state index is 0.362. The number of benzene rings is 2. The third-order valence-electron chi connectivity index (χ3n) is 7.63. The SMILES string of the molecule is CCc1nc2cccc3c2n1-c1ccc(C2=CC4=CC=CC5=CC=C6CC=CC2=C6C54)cc1O3. The summed E-state index contributed by atoms with van der Waals surface area (Å²) >= 11 is 0. The lowest BCUT2D eigenvalue weighted by atomic mass is 9.66. The highest BCUT2D eigenvalue weighted by atomic mass is 16.5. The zero-order chi connectivity index (χ0) is 22.4. The fraction of sp³-hybridized carbons (Fsp3) is 0.129. The van der Waals surface area contributed by atoms with Gasteiger partial charge in [-0.1, -0.05) is 61.6 Å². The summed E-state index contributed by atoms with van der Waals surface area (Å²) in [6, 6.07) is 12.8. The average Bonchev–Trinajstić information content (AvgIpc) is 3.27. The lowest BCUT2D eigenvalue weighted by Crippen LogP contribution is -2.22. The molecule has 0 N–H and O–H groups in total. The number of hydrogen-bond donors (Lipinski definition) is 0. The molecule has 1 aromatic heterocycles. The van der Waals surface area contributed by atoms with Crippen molar-refractivity contribution in [2.45, 2.75) is 19.8 Å². The number of aryl methyl sites for hydroxylation is 1. The van der Waals surface area contributed by atoms with Gasteiger partial charge in [-0.25, -0.2) is 4.98 Å². The average molecular weight is 439 g/mol. The number of para-hydroxylation sites is 1. The van der Waals surface area contributed by atoms with E-state index in [1.165, 1.54) is 39.0 Å². The van der Waals surface area contributed by atoms with Crippen molar-refractivity contribution in [1.82, 2.24) is 9.55 Å². The van der Waals surface area contributed by atoms with Crippen molar-refractivity contribution < 1.29 is 4.74 Å². The van der Waals surface area contributed by atoms with Crippen LogP contribution in [0.5, 0.6) is 11.5 Å². The summed E-state index contributed by atoms with van der Waals surface area (Å²) in [6.07, 6.45) is 20.2. The summed E-state index contributed by atoms with van der Waals surface area (Å²) < 4.78 is 8.73. The highest BCUT2D eigenvalue weighted by Gasteiger charge is 2.35. The normalized spacial score (nSPS) is 20.8. The van der Waals surface area contributed by atoms with Gasteiger partial charge in [0.05, 0.1) is 11.2 Å². The van der Waals surface area contributed by atoms with Crippen LogP contribution in [0.3, 0.4) is 0 Å². The van der Waals surface area contributed by atoms with Gasteiger partial charge in [-0.05, 0) is 75.8 Å². The number of rotatable bonds is 2. The van der Waals surface area contributed by atoms with Crippen molar-refractivity contribution in [3.05, 3.63) is 124 Å². The van der Waals surface area contributed by atoms with E-state index in [0.717, 1.165) is 46.9 Å². The van der Waals surface area contributed by atoms with Gasteiger partial charge in [0.1, 0.15) is 11.3 Å². The molecule has 2 heterocycles.